The number of aromatic amines is 1. The normalized spacial score (nSPS) is 36.1. The summed E-state index contributed by atoms with van der Waals surface area (Å²) in [5, 5.41) is 0. The first-order chi connectivity index (χ1) is 9.22. The molecule has 3 unspecified atom stereocenters. The van der Waals surface area contributed by atoms with E-state index in [1.54, 1.807) is 18.5 Å². The lowest BCUT2D eigenvalue weighted by Gasteiger charge is -2.24. The second-order valence-corrected chi connectivity index (χ2v) is 6.41. The molecule has 1 aromatic heterocycles. The number of nitrogens with zero attached hydrogens (tertiary/aromatic N) is 1. The first-order valence-corrected chi connectivity index (χ1v) is 7.00. The standard InChI is InChI=1S/C16H15FN2/c1-9-14-11-3-2-10(17)6-12(11)15(4-5-15)16(9,14)13-7-18-8-19-13/h2-3,6-9,14H,4-5H2,1H3,(H,18,19). The van der Waals surface area contributed by atoms with E-state index in [0.29, 0.717) is 11.8 Å². The molecule has 1 heterocycles. The van der Waals surface area contributed by atoms with E-state index in [4.69, 9.17) is 0 Å². The number of nitrogens with one attached hydrogen (secondary N) is 1. The van der Waals surface area contributed by atoms with Crippen molar-refractivity contribution in [2.75, 3.05) is 0 Å². The van der Waals surface area contributed by atoms with Gasteiger partial charge in [0.05, 0.1) is 6.33 Å². The van der Waals surface area contributed by atoms with Crippen molar-refractivity contribution < 1.29 is 4.39 Å². The van der Waals surface area contributed by atoms with Crippen molar-refractivity contribution in [3.05, 3.63) is 53.4 Å². The minimum Gasteiger partial charge on any atom is -0.348 e. The Kier molecular flexibility index (Phi) is 1.48. The lowest BCUT2D eigenvalue weighted by molar-refractivity contribution is 0.472. The van der Waals surface area contributed by atoms with Gasteiger partial charge in [-0.05, 0) is 47.9 Å². The first-order valence-electron chi connectivity index (χ1n) is 7.00. The van der Waals surface area contributed by atoms with Crippen LogP contribution >= 0.6 is 0 Å². The Morgan fingerprint density at radius 3 is 2.89 bits per heavy atom. The van der Waals surface area contributed by atoms with E-state index in [2.05, 4.69) is 16.9 Å². The molecule has 2 aromatic rings. The van der Waals surface area contributed by atoms with Gasteiger partial charge in [0.1, 0.15) is 5.82 Å². The number of hydrogen-bond acceptors (Lipinski definition) is 1. The highest BCUT2D eigenvalue weighted by Crippen LogP contribution is 2.84. The summed E-state index contributed by atoms with van der Waals surface area (Å²) in [5.41, 5.74) is 4.24. The summed E-state index contributed by atoms with van der Waals surface area (Å²) in [6, 6.07) is 5.40. The summed E-state index contributed by atoms with van der Waals surface area (Å²) in [6.45, 7) is 2.33. The number of hydrogen-bond donors (Lipinski definition) is 1. The van der Waals surface area contributed by atoms with Gasteiger partial charge in [0.2, 0.25) is 0 Å². The monoisotopic (exact) mass is 254 g/mol. The minimum absolute atomic E-state index is 0.0984. The topological polar surface area (TPSA) is 28.7 Å². The summed E-state index contributed by atoms with van der Waals surface area (Å²) < 4.78 is 13.6. The zero-order valence-corrected chi connectivity index (χ0v) is 10.8. The molecule has 1 spiro atoms. The molecule has 2 saturated carbocycles. The summed E-state index contributed by atoms with van der Waals surface area (Å²) in [7, 11) is 0. The van der Waals surface area contributed by atoms with Crippen LogP contribution in [0.3, 0.4) is 0 Å². The van der Waals surface area contributed by atoms with Gasteiger partial charge in [-0.15, -0.1) is 0 Å². The molecule has 1 N–H and O–H groups in total. The fraction of sp³-hybridized carbons (Fsp3) is 0.438. The van der Waals surface area contributed by atoms with E-state index in [1.807, 2.05) is 12.3 Å². The van der Waals surface area contributed by atoms with Gasteiger partial charge in [-0.1, -0.05) is 13.0 Å². The zero-order chi connectivity index (χ0) is 12.8. The Morgan fingerprint density at radius 2 is 2.21 bits per heavy atom. The van der Waals surface area contributed by atoms with Gasteiger partial charge in [-0.25, -0.2) is 9.37 Å². The minimum atomic E-state index is -0.0984. The predicted molar refractivity (Wildman–Crippen MR) is 69.5 cm³/mol. The highest BCUT2D eigenvalue weighted by atomic mass is 19.1. The van der Waals surface area contributed by atoms with Gasteiger partial charge in [0.15, 0.2) is 0 Å². The third-order valence-corrected chi connectivity index (χ3v) is 5.95. The number of imidazole rings is 1. The molecule has 0 aliphatic heterocycles. The average molecular weight is 254 g/mol. The van der Waals surface area contributed by atoms with Crippen molar-refractivity contribution >= 4 is 0 Å². The Hall–Kier alpha value is -1.64. The average Bonchev–Trinajstić information content (AvgIpc) is 3.18. The molecule has 3 aliphatic carbocycles. The largest absolute Gasteiger partial charge is 0.348 e. The molecule has 19 heavy (non-hydrogen) atoms. The maximum Gasteiger partial charge on any atom is 0.123 e. The molecule has 3 atom stereocenters. The van der Waals surface area contributed by atoms with E-state index in [1.165, 1.54) is 29.7 Å². The Bertz CT molecular complexity index is 687. The number of H-pyrrole nitrogens is 1. The zero-order valence-electron chi connectivity index (χ0n) is 10.8. The number of aromatic nitrogens is 2. The lowest BCUT2D eigenvalue weighted by Crippen LogP contribution is -2.26. The molecule has 2 nitrogen and oxygen atoms in total. The van der Waals surface area contributed by atoms with Crippen LogP contribution < -0.4 is 0 Å². The van der Waals surface area contributed by atoms with Crippen LogP contribution in [0.25, 0.3) is 0 Å². The van der Waals surface area contributed by atoms with E-state index in [9.17, 15) is 4.39 Å². The maximum absolute atomic E-state index is 13.6. The fourth-order valence-corrected chi connectivity index (χ4v) is 5.21. The van der Waals surface area contributed by atoms with Crippen LogP contribution in [0.5, 0.6) is 0 Å². The summed E-state index contributed by atoms with van der Waals surface area (Å²) in [5.74, 6) is 1.08. The van der Waals surface area contributed by atoms with Crippen molar-refractivity contribution in [2.24, 2.45) is 5.92 Å². The predicted octanol–water partition coefficient (Wildman–Crippen LogP) is 3.27. The van der Waals surface area contributed by atoms with Crippen LogP contribution in [0, 0.1) is 11.7 Å². The van der Waals surface area contributed by atoms with Gasteiger partial charge in [0.25, 0.3) is 0 Å². The lowest BCUT2D eigenvalue weighted by atomic mass is 9.79. The number of fused-ring (bicyclic) bond motifs is 5. The molecule has 96 valence electrons. The van der Waals surface area contributed by atoms with Crippen molar-refractivity contribution in [3.8, 4) is 0 Å². The van der Waals surface area contributed by atoms with Gasteiger partial charge < -0.3 is 4.98 Å². The van der Waals surface area contributed by atoms with E-state index < -0.39 is 0 Å². The Balaban J connectivity index is 1.80. The van der Waals surface area contributed by atoms with Crippen LogP contribution in [0.15, 0.2) is 30.7 Å². The van der Waals surface area contributed by atoms with Crippen LogP contribution in [-0.2, 0) is 10.8 Å². The maximum atomic E-state index is 13.6. The molecule has 3 aliphatic rings. The molecule has 1 aromatic carbocycles. The van der Waals surface area contributed by atoms with E-state index >= 15 is 0 Å². The molecule has 0 bridgehead atoms. The van der Waals surface area contributed by atoms with Crippen LogP contribution in [0.1, 0.15) is 42.5 Å². The third kappa shape index (κ3) is 0.868. The van der Waals surface area contributed by atoms with Crippen molar-refractivity contribution in [3.63, 3.8) is 0 Å². The van der Waals surface area contributed by atoms with Crippen LogP contribution in [0.4, 0.5) is 4.39 Å². The molecule has 3 heteroatoms. The third-order valence-electron chi connectivity index (χ3n) is 5.95. The molecule has 2 fully saturated rings. The van der Waals surface area contributed by atoms with Gasteiger partial charge in [-0.3, -0.25) is 0 Å². The SMILES string of the molecule is CC1C2c3ccc(F)cc3C3(CC3)C12c1cnc[nH]1. The second kappa shape index (κ2) is 2.77. The van der Waals surface area contributed by atoms with Gasteiger partial charge >= 0.3 is 0 Å². The van der Waals surface area contributed by atoms with Crippen molar-refractivity contribution in [2.45, 2.75) is 36.5 Å². The summed E-state index contributed by atoms with van der Waals surface area (Å²) in [4.78, 5) is 7.55. The molecule has 0 saturated heterocycles. The first kappa shape index (κ1) is 10.2. The highest BCUT2D eigenvalue weighted by Gasteiger charge is 2.82. The fourth-order valence-electron chi connectivity index (χ4n) is 5.21. The second-order valence-electron chi connectivity index (χ2n) is 6.41. The number of benzene rings is 1. The van der Waals surface area contributed by atoms with Gasteiger partial charge in [-0.2, -0.15) is 0 Å². The summed E-state index contributed by atoms with van der Waals surface area (Å²) in [6.07, 6.45) is 6.11. The Morgan fingerprint density at radius 1 is 1.37 bits per heavy atom. The van der Waals surface area contributed by atoms with Crippen LogP contribution in [-0.4, -0.2) is 9.97 Å². The molecular weight excluding hydrogens is 239 g/mol. The van der Waals surface area contributed by atoms with Crippen LogP contribution in [0.2, 0.25) is 0 Å². The number of rotatable bonds is 1. The number of halogens is 1. The van der Waals surface area contributed by atoms with Gasteiger partial charge in [0, 0.05) is 22.7 Å². The molecule has 0 radical (unpaired) electrons. The Labute approximate surface area is 111 Å². The molecular formula is C16H15FN2. The quantitative estimate of drug-likeness (QED) is 0.831. The smallest absolute Gasteiger partial charge is 0.123 e. The van der Waals surface area contributed by atoms with E-state index in [-0.39, 0.29) is 16.6 Å². The summed E-state index contributed by atoms with van der Waals surface area (Å²) >= 11 is 0. The molecule has 0 amide bonds. The van der Waals surface area contributed by atoms with Crippen molar-refractivity contribution in [1.82, 2.24) is 9.97 Å². The molecule has 5 rings (SSSR count). The van der Waals surface area contributed by atoms with Crippen molar-refractivity contribution in [1.29, 1.82) is 0 Å². The highest BCUT2D eigenvalue weighted by molar-refractivity contribution is 5.64. The van der Waals surface area contributed by atoms with E-state index in [0.717, 1.165) is 0 Å².